The average Bonchev–Trinajstić information content (AvgIpc) is 3.93. The maximum Gasteiger partial charge on any atom is 0.376 e. The predicted octanol–water partition coefficient (Wildman–Crippen LogP) is 5.15. The van der Waals surface area contributed by atoms with E-state index >= 15 is 0 Å². The third-order valence-corrected chi connectivity index (χ3v) is 15.5. The van der Waals surface area contributed by atoms with E-state index in [4.69, 9.17) is 29.3 Å². The van der Waals surface area contributed by atoms with Crippen LogP contribution in [0.1, 0.15) is 80.8 Å². The molecule has 0 aromatic carbocycles. The van der Waals surface area contributed by atoms with Crippen LogP contribution in [0.3, 0.4) is 0 Å². The Hall–Kier alpha value is -2.54. The first-order valence-electron chi connectivity index (χ1n) is 19.8. The van der Waals surface area contributed by atoms with Gasteiger partial charge in [-0.2, -0.15) is 0 Å². The summed E-state index contributed by atoms with van der Waals surface area (Å²) in [5.74, 6) is 0.952. The van der Waals surface area contributed by atoms with E-state index in [1.54, 1.807) is 40.0 Å². The van der Waals surface area contributed by atoms with Gasteiger partial charge in [0.15, 0.2) is 11.2 Å². The number of ether oxygens (including phenoxy) is 1. The molecule has 9 rings (SSSR count). The van der Waals surface area contributed by atoms with Crippen LogP contribution in [-0.2, 0) is 23.8 Å². The zero-order valence-corrected chi connectivity index (χ0v) is 34.7. The van der Waals surface area contributed by atoms with Crippen molar-refractivity contribution in [2.45, 2.75) is 93.8 Å². The van der Waals surface area contributed by atoms with Gasteiger partial charge in [0.05, 0.1) is 23.0 Å². The van der Waals surface area contributed by atoms with Crippen LogP contribution in [0.25, 0.3) is 22.2 Å². The van der Waals surface area contributed by atoms with Crippen molar-refractivity contribution in [1.29, 1.82) is 0 Å². The molecule has 0 radical (unpaired) electrons. The van der Waals surface area contributed by atoms with Crippen LogP contribution in [0.4, 0.5) is 0 Å². The molecule has 1 aliphatic carbocycles. The van der Waals surface area contributed by atoms with E-state index in [0.29, 0.717) is 45.2 Å². The van der Waals surface area contributed by atoms with E-state index in [1.165, 1.54) is 50.5 Å². The molecule has 306 valence electrons. The van der Waals surface area contributed by atoms with E-state index in [0.717, 1.165) is 53.8 Å². The molecule has 0 spiro atoms. The van der Waals surface area contributed by atoms with E-state index in [2.05, 4.69) is 9.97 Å². The summed E-state index contributed by atoms with van der Waals surface area (Å²) in [6.45, 7) is 7.81. The fourth-order valence-corrected chi connectivity index (χ4v) is 10.8. The van der Waals surface area contributed by atoms with Crippen molar-refractivity contribution in [3.63, 3.8) is 0 Å². The number of hydrogen-bond acceptors (Lipinski definition) is 13. The highest BCUT2D eigenvalue weighted by Crippen LogP contribution is 2.37. The molecule has 1 saturated carbocycles. The van der Waals surface area contributed by atoms with E-state index in [-0.39, 0.29) is 5.92 Å². The molecule has 4 aromatic heterocycles. The van der Waals surface area contributed by atoms with Crippen molar-refractivity contribution in [2.24, 2.45) is 0 Å². The van der Waals surface area contributed by atoms with Gasteiger partial charge >= 0.3 is 14.1 Å². The number of aromatic nitrogens is 2. The van der Waals surface area contributed by atoms with Gasteiger partial charge in [0.2, 0.25) is 19.1 Å². The molecular formula is C37H54B2ClN5O9S2. The minimum atomic E-state index is -3.41. The number of hydrogen-bond donors (Lipinski definition) is 2. The zero-order chi connectivity index (χ0) is 39.9. The van der Waals surface area contributed by atoms with Gasteiger partial charge in [0, 0.05) is 86.7 Å². The van der Waals surface area contributed by atoms with Crippen molar-refractivity contribution in [3.8, 4) is 0 Å². The van der Waals surface area contributed by atoms with Crippen molar-refractivity contribution in [1.82, 2.24) is 23.9 Å². The lowest BCUT2D eigenvalue weighted by molar-refractivity contribution is 0.198. The van der Waals surface area contributed by atoms with Gasteiger partial charge < -0.3 is 33.2 Å². The van der Waals surface area contributed by atoms with Crippen molar-refractivity contribution in [3.05, 3.63) is 60.3 Å². The van der Waals surface area contributed by atoms with Crippen LogP contribution < -0.4 is 0 Å². The molecule has 4 aromatic rings. The number of fused-ring (bicyclic) bond motifs is 2. The first kappa shape index (κ1) is 43.0. The third kappa shape index (κ3) is 10.7. The summed E-state index contributed by atoms with van der Waals surface area (Å²) in [6.07, 6.45) is 18.1. The number of sulfonamides is 1. The maximum atomic E-state index is 12.7. The zero-order valence-electron chi connectivity index (χ0n) is 32.3. The minimum absolute atomic E-state index is 0.276. The van der Waals surface area contributed by atoms with Gasteiger partial charge in [0.25, 0.3) is 0 Å². The number of pyridine rings is 2. The highest BCUT2D eigenvalue weighted by atomic mass is 35.7. The van der Waals surface area contributed by atoms with Gasteiger partial charge in [0.1, 0.15) is 11.0 Å². The lowest BCUT2D eigenvalue weighted by Gasteiger charge is -2.42. The number of rotatable bonds is 7. The first-order valence-corrected chi connectivity index (χ1v) is 23.7. The largest absolute Gasteiger partial charge is 0.462 e. The molecule has 2 N–H and O–H groups in total. The molecule has 14 nitrogen and oxygen atoms in total. The maximum absolute atomic E-state index is 12.7. The van der Waals surface area contributed by atoms with Crippen LogP contribution in [0, 0.1) is 0 Å². The molecule has 5 aliphatic rings. The van der Waals surface area contributed by atoms with Crippen molar-refractivity contribution in [2.75, 3.05) is 52.5 Å². The minimum Gasteiger partial charge on any atom is -0.462 e. The Kier molecular flexibility index (Phi) is 15.0. The molecule has 0 bridgehead atoms. The van der Waals surface area contributed by atoms with Crippen LogP contribution in [0.2, 0.25) is 13.6 Å². The molecule has 4 aliphatic heterocycles. The van der Waals surface area contributed by atoms with Crippen LogP contribution >= 0.6 is 10.7 Å². The summed E-state index contributed by atoms with van der Waals surface area (Å²) in [5.41, 5.74) is 6.07. The summed E-state index contributed by atoms with van der Waals surface area (Å²) in [6, 6.07) is 7.67. The summed E-state index contributed by atoms with van der Waals surface area (Å²) in [4.78, 5) is 12.2. The number of nitrogens with zero attached hydrogens (tertiary/aromatic N) is 5. The summed E-state index contributed by atoms with van der Waals surface area (Å²) >= 11 is 0. The highest BCUT2D eigenvalue weighted by Gasteiger charge is 2.44. The standard InChI is InChI=1S/C16H22BN3O4S.C13H15NO.C4H9BClNO3S.C4H8O/c1-17(21)19-9-13(10-19)25(22,23)20-7-4-12(5-8-20)14-11-24-15-3-2-6-18-16(14)15;1-2-5-10(6-3-1)11-9-15-12-7-4-8-14-13(11)12;1-5(8)7-2-4(3-7)11(6,9)10;1-2-4-5-3-1/h2-3,6,11-13,21H,4-5,7-10H2,1H3;4,7-10H,1-3,5-6H2;4,8H,2-3H2,1H3;1-4H2. The van der Waals surface area contributed by atoms with Crippen molar-refractivity contribution >= 4 is 66.1 Å². The Balaban J connectivity index is 0.000000145. The molecule has 8 heterocycles. The predicted molar refractivity (Wildman–Crippen MR) is 220 cm³/mol. The van der Waals surface area contributed by atoms with E-state index in [9.17, 15) is 21.9 Å². The smallest absolute Gasteiger partial charge is 0.376 e. The van der Waals surface area contributed by atoms with Gasteiger partial charge in [-0.25, -0.2) is 21.1 Å². The van der Waals surface area contributed by atoms with Gasteiger partial charge in [-0.3, -0.25) is 9.97 Å². The second-order valence-electron chi connectivity index (χ2n) is 15.3. The lowest BCUT2D eigenvalue weighted by Crippen LogP contribution is -2.62. The summed E-state index contributed by atoms with van der Waals surface area (Å²) < 4.78 is 64.4. The van der Waals surface area contributed by atoms with E-state index in [1.807, 2.05) is 36.7 Å². The topological polar surface area (TPSA) is 180 Å². The fourth-order valence-electron chi connectivity index (χ4n) is 7.82. The second-order valence-corrected chi connectivity index (χ2v) is 20.5. The van der Waals surface area contributed by atoms with E-state index < -0.39 is 43.7 Å². The SMILES string of the molecule is C1CCOC1.CB(O)N1CC(S(=O)(=O)Cl)C1.CB(O)N1CC(S(=O)(=O)N2CCC(c3coc4cccnc34)CC2)C1.c1cnc2c(C3CCCCC3)coc2c1. The van der Waals surface area contributed by atoms with Crippen LogP contribution in [0.5, 0.6) is 0 Å². The lowest BCUT2D eigenvalue weighted by atomic mass is 9.81. The normalized spacial score (nSPS) is 20.9. The molecular weight excluding hydrogens is 780 g/mol. The molecule has 0 unspecified atom stereocenters. The number of halogens is 1. The Morgan fingerprint density at radius 2 is 1.16 bits per heavy atom. The molecule has 56 heavy (non-hydrogen) atoms. The summed E-state index contributed by atoms with van der Waals surface area (Å²) in [7, 11) is -2.79. The Labute approximate surface area is 335 Å². The molecule has 0 atom stereocenters. The second kappa shape index (κ2) is 19.5. The molecule has 0 amide bonds. The monoisotopic (exact) mass is 833 g/mol. The van der Waals surface area contributed by atoms with Crippen LogP contribution in [-0.4, -0.2) is 128 Å². The summed E-state index contributed by atoms with van der Waals surface area (Å²) in [5, 5.41) is 17.5. The number of piperidine rings is 1. The Morgan fingerprint density at radius 3 is 1.59 bits per heavy atom. The van der Waals surface area contributed by atoms with Gasteiger partial charge in [-0.1, -0.05) is 19.3 Å². The highest BCUT2D eigenvalue weighted by molar-refractivity contribution is 8.14. The van der Waals surface area contributed by atoms with Gasteiger partial charge in [-0.05, 0) is 88.3 Å². The first-order chi connectivity index (χ1) is 26.8. The quantitative estimate of drug-likeness (QED) is 0.185. The fraction of sp³-hybridized carbons (Fsp3) is 0.622. The Morgan fingerprint density at radius 1 is 0.696 bits per heavy atom. The third-order valence-electron chi connectivity index (χ3n) is 11.5. The van der Waals surface area contributed by atoms with Crippen LogP contribution in [0.15, 0.2) is 58.0 Å². The average molecular weight is 834 g/mol. The number of furan rings is 2. The Bertz CT molecular complexity index is 2050. The van der Waals surface area contributed by atoms with Crippen molar-refractivity contribution < 1.29 is 40.5 Å². The van der Waals surface area contributed by atoms with Gasteiger partial charge in [-0.15, -0.1) is 0 Å². The molecule has 19 heteroatoms. The molecule has 4 saturated heterocycles. The molecule has 5 fully saturated rings.